The van der Waals surface area contributed by atoms with Gasteiger partial charge in [-0.15, -0.1) is 0 Å². The molecule has 0 bridgehead atoms. The highest BCUT2D eigenvalue weighted by atomic mass is 16.5. The van der Waals surface area contributed by atoms with Crippen LogP contribution in [0.25, 0.3) is 0 Å². The summed E-state index contributed by atoms with van der Waals surface area (Å²) in [6, 6.07) is 0. The van der Waals surface area contributed by atoms with Gasteiger partial charge in [0.2, 0.25) is 0 Å². The summed E-state index contributed by atoms with van der Waals surface area (Å²) in [4.78, 5) is 0. The van der Waals surface area contributed by atoms with Crippen LogP contribution in [0.2, 0.25) is 0 Å². The molecule has 0 rings (SSSR count). The minimum atomic E-state index is 0.826. The molecule has 0 saturated carbocycles. The van der Waals surface area contributed by atoms with Gasteiger partial charge in [0.1, 0.15) is 0 Å². The van der Waals surface area contributed by atoms with Crippen LogP contribution in [0.15, 0.2) is 0 Å². The van der Waals surface area contributed by atoms with Gasteiger partial charge in [0.05, 0.1) is 0 Å². The number of hydrogen-bond donors (Lipinski definition) is 0. The van der Waals surface area contributed by atoms with Gasteiger partial charge in [-0.05, 0) is 24.7 Å². The Morgan fingerprint density at radius 3 is 2.25 bits per heavy atom. The molecule has 0 saturated heterocycles. The Labute approximate surface area is 103 Å². The monoisotopic (exact) mass is 227 g/mol. The van der Waals surface area contributed by atoms with E-state index in [1.54, 1.807) is 0 Å². The van der Waals surface area contributed by atoms with Crippen molar-refractivity contribution < 1.29 is 4.74 Å². The molecule has 0 aliphatic carbocycles. The van der Waals surface area contributed by atoms with Gasteiger partial charge in [-0.25, -0.2) is 0 Å². The lowest BCUT2D eigenvalue weighted by Crippen LogP contribution is -2.03. The molecule has 97 valence electrons. The van der Waals surface area contributed by atoms with Gasteiger partial charge < -0.3 is 4.74 Å². The van der Waals surface area contributed by atoms with Gasteiger partial charge in [-0.2, -0.15) is 0 Å². The molecule has 0 aliphatic heterocycles. The van der Waals surface area contributed by atoms with Crippen LogP contribution in [-0.2, 0) is 4.74 Å². The van der Waals surface area contributed by atoms with E-state index in [9.17, 15) is 0 Å². The van der Waals surface area contributed by atoms with Crippen molar-refractivity contribution in [3.8, 4) is 0 Å². The molecule has 1 heteroatoms. The fourth-order valence-electron chi connectivity index (χ4n) is 1.79. The molecule has 1 nitrogen and oxygen atoms in total. The second-order valence-electron chi connectivity index (χ2n) is 5.39. The summed E-state index contributed by atoms with van der Waals surface area (Å²) in [5.41, 5.74) is 0. The first-order valence-corrected chi connectivity index (χ1v) is 7.03. The van der Waals surface area contributed by atoms with Gasteiger partial charge in [-0.1, -0.05) is 59.8 Å². The molecule has 0 amide bonds. The highest BCUT2D eigenvalue weighted by Crippen LogP contribution is 2.15. The molecule has 0 aromatic heterocycles. The summed E-state index contributed by atoms with van der Waals surface area (Å²) in [6.45, 7) is 12.6. The zero-order valence-corrected chi connectivity index (χ0v) is 11.6. The Kier molecular flexibility index (Phi) is 11.4. The molecular formula is C15H31O. The first-order valence-electron chi connectivity index (χ1n) is 7.03. The molecule has 0 aliphatic rings. The smallest absolute Gasteiger partial charge is 0.0468 e. The van der Waals surface area contributed by atoms with Crippen LogP contribution in [-0.4, -0.2) is 13.2 Å². The Morgan fingerprint density at radius 2 is 1.62 bits per heavy atom. The zero-order chi connectivity index (χ0) is 12.2. The van der Waals surface area contributed by atoms with E-state index in [2.05, 4.69) is 27.7 Å². The highest BCUT2D eigenvalue weighted by Gasteiger charge is 2.03. The first kappa shape index (κ1) is 16.0. The van der Waals surface area contributed by atoms with Crippen LogP contribution >= 0.6 is 0 Å². The average molecular weight is 227 g/mol. The maximum absolute atomic E-state index is 5.61. The van der Waals surface area contributed by atoms with Crippen molar-refractivity contribution in [1.82, 2.24) is 0 Å². The fourth-order valence-corrected chi connectivity index (χ4v) is 1.79. The number of hydrogen-bond acceptors (Lipinski definition) is 1. The van der Waals surface area contributed by atoms with E-state index in [4.69, 9.17) is 4.74 Å². The Hall–Kier alpha value is -0.0400. The van der Waals surface area contributed by atoms with Crippen LogP contribution in [0.1, 0.15) is 65.7 Å². The summed E-state index contributed by atoms with van der Waals surface area (Å²) < 4.78 is 5.61. The lowest BCUT2D eigenvalue weighted by Gasteiger charge is -2.12. The van der Waals surface area contributed by atoms with Gasteiger partial charge in [0.25, 0.3) is 0 Å². The van der Waals surface area contributed by atoms with Crippen molar-refractivity contribution in [3.63, 3.8) is 0 Å². The van der Waals surface area contributed by atoms with Gasteiger partial charge >= 0.3 is 0 Å². The van der Waals surface area contributed by atoms with E-state index in [1.165, 1.54) is 38.5 Å². The molecule has 0 heterocycles. The maximum Gasteiger partial charge on any atom is 0.0468 e. The first-order chi connectivity index (χ1) is 7.66. The van der Waals surface area contributed by atoms with Crippen LogP contribution in [0.5, 0.6) is 0 Å². The average Bonchev–Trinajstić information content (AvgIpc) is 2.22. The quantitative estimate of drug-likeness (QED) is 0.458. The fraction of sp³-hybridized carbons (Fsp3) is 0.933. The number of unbranched alkanes of at least 4 members (excludes halogenated alkanes) is 2. The SMILES string of the molecule is [CH2]CCCCOCCC(C)CCCC(C)C. The summed E-state index contributed by atoms with van der Waals surface area (Å²) in [5, 5.41) is 0. The molecule has 0 N–H and O–H groups in total. The third-order valence-electron chi connectivity index (χ3n) is 3.02. The van der Waals surface area contributed by atoms with Gasteiger partial charge in [0.15, 0.2) is 0 Å². The molecule has 0 fully saturated rings. The van der Waals surface area contributed by atoms with Crippen molar-refractivity contribution in [2.24, 2.45) is 11.8 Å². The minimum Gasteiger partial charge on any atom is -0.381 e. The third kappa shape index (κ3) is 12.0. The Balaban J connectivity index is 3.14. The van der Waals surface area contributed by atoms with Crippen LogP contribution in [0.4, 0.5) is 0 Å². The van der Waals surface area contributed by atoms with E-state index >= 15 is 0 Å². The molecular weight excluding hydrogens is 196 g/mol. The molecule has 0 aromatic carbocycles. The lowest BCUT2D eigenvalue weighted by atomic mass is 9.98. The van der Waals surface area contributed by atoms with E-state index < -0.39 is 0 Å². The zero-order valence-electron chi connectivity index (χ0n) is 11.6. The summed E-state index contributed by atoms with van der Waals surface area (Å²) in [5.74, 6) is 1.68. The summed E-state index contributed by atoms with van der Waals surface area (Å²) in [7, 11) is 0. The van der Waals surface area contributed by atoms with E-state index in [0.29, 0.717) is 0 Å². The van der Waals surface area contributed by atoms with Crippen LogP contribution in [0, 0.1) is 18.8 Å². The largest absolute Gasteiger partial charge is 0.381 e. The number of ether oxygens (including phenoxy) is 1. The van der Waals surface area contributed by atoms with E-state index in [1.807, 2.05) is 0 Å². The molecule has 1 unspecified atom stereocenters. The Bertz CT molecular complexity index is 131. The van der Waals surface area contributed by atoms with E-state index in [0.717, 1.165) is 31.5 Å². The second-order valence-corrected chi connectivity index (χ2v) is 5.39. The minimum absolute atomic E-state index is 0.826. The van der Waals surface area contributed by atoms with Gasteiger partial charge in [-0.3, -0.25) is 0 Å². The van der Waals surface area contributed by atoms with Crippen molar-refractivity contribution in [2.45, 2.75) is 65.7 Å². The predicted octanol–water partition coefficient (Wildman–Crippen LogP) is 4.86. The predicted molar refractivity (Wildman–Crippen MR) is 72.5 cm³/mol. The van der Waals surface area contributed by atoms with Crippen molar-refractivity contribution >= 4 is 0 Å². The van der Waals surface area contributed by atoms with Crippen molar-refractivity contribution in [3.05, 3.63) is 6.92 Å². The molecule has 16 heavy (non-hydrogen) atoms. The standard InChI is InChI=1S/C15H31O/c1-5-6-7-12-16-13-11-15(4)10-8-9-14(2)3/h14-15H,1,5-13H2,2-4H3. The molecule has 1 radical (unpaired) electrons. The van der Waals surface area contributed by atoms with Crippen molar-refractivity contribution in [1.29, 1.82) is 0 Å². The van der Waals surface area contributed by atoms with Crippen LogP contribution in [0.3, 0.4) is 0 Å². The number of rotatable bonds is 11. The molecule has 0 aromatic rings. The topological polar surface area (TPSA) is 9.23 Å². The third-order valence-corrected chi connectivity index (χ3v) is 3.02. The highest BCUT2D eigenvalue weighted by molar-refractivity contribution is 4.55. The van der Waals surface area contributed by atoms with Crippen molar-refractivity contribution in [2.75, 3.05) is 13.2 Å². The lowest BCUT2D eigenvalue weighted by molar-refractivity contribution is 0.117. The Morgan fingerprint density at radius 1 is 0.875 bits per heavy atom. The summed E-state index contributed by atoms with van der Waals surface area (Å²) in [6.07, 6.45) is 8.74. The van der Waals surface area contributed by atoms with Crippen LogP contribution < -0.4 is 0 Å². The van der Waals surface area contributed by atoms with E-state index in [-0.39, 0.29) is 0 Å². The summed E-state index contributed by atoms with van der Waals surface area (Å²) >= 11 is 0. The normalized spacial score (nSPS) is 13.3. The van der Waals surface area contributed by atoms with Gasteiger partial charge in [0, 0.05) is 13.2 Å². The second kappa shape index (κ2) is 11.4. The molecule has 0 spiro atoms. The maximum atomic E-state index is 5.61. The molecule has 1 atom stereocenters.